The molecule has 0 saturated heterocycles. The van der Waals surface area contributed by atoms with Crippen LogP contribution in [-0.2, 0) is 22.6 Å². The summed E-state index contributed by atoms with van der Waals surface area (Å²) in [7, 11) is 0. The SMILES string of the molecule is O=C(N=C(Cc1ccc(Cl)cc1)C(=O)O)OCc1ccccc1. The van der Waals surface area contributed by atoms with E-state index in [2.05, 4.69) is 4.99 Å². The van der Waals surface area contributed by atoms with Crippen LogP contribution in [0.1, 0.15) is 11.1 Å². The van der Waals surface area contributed by atoms with Gasteiger partial charge < -0.3 is 9.84 Å². The fourth-order valence-corrected chi connectivity index (χ4v) is 1.95. The molecule has 5 nitrogen and oxygen atoms in total. The maximum atomic E-state index is 11.7. The maximum absolute atomic E-state index is 11.7. The van der Waals surface area contributed by atoms with Crippen LogP contribution < -0.4 is 0 Å². The zero-order valence-corrected chi connectivity index (χ0v) is 12.9. The number of carboxylic acid groups (broad SMARTS) is 1. The molecule has 2 aromatic rings. The van der Waals surface area contributed by atoms with E-state index in [1.807, 2.05) is 18.2 Å². The molecule has 0 saturated carbocycles. The van der Waals surface area contributed by atoms with Crippen LogP contribution in [0.4, 0.5) is 4.79 Å². The zero-order chi connectivity index (χ0) is 16.7. The second-order valence-electron chi connectivity index (χ2n) is 4.71. The van der Waals surface area contributed by atoms with Crippen LogP contribution in [0.15, 0.2) is 59.6 Å². The molecule has 0 unspecified atom stereocenters. The van der Waals surface area contributed by atoms with E-state index in [0.29, 0.717) is 10.6 Å². The molecule has 0 fully saturated rings. The van der Waals surface area contributed by atoms with E-state index in [1.54, 1.807) is 36.4 Å². The summed E-state index contributed by atoms with van der Waals surface area (Å²) < 4.78 is 4.95. The molecule has 23 heavy (non-hydrogen) atoms. The summed E-state index contributed by atoms with van der Waals surface area (Å²) in [4.78, 5) is 26.4. The number of carboxylic acids is 1. The summed E-state index contributed by atoms with van der Waals surface area (Å²) in [5.74, 6) is -1.27. The Labute approximate surface area is 138 Å². The minimum atomic E-state index is -1.27. The van der Waals surface area contributed by atoms with Crippen LogP contribution in [0.2, 0.25) is 5.02 Å². The first-order valence-corrected chi connectivity index (χ1v) is 7.18. The molecule has 2 rings (SSSR count). The molecular formula is C17H14ClNO4. The van der Waals surface area contributed by atoms with Gasteiger partial charge in [-0.2, -0.15) is 4.99 Å². The number of amides is 1. The third-order valence-corrected chi connectivity index (χ3v) is 3.22. The van der Waals surface area contributed by atoms with Crippen molar-refractivity contribution in [3.63, 3.8) is 0 Å². The summed E-state index contributed by atoms with van der Waals surface area (Å²) in [6.07, 6.45) is -0.923. The van der Waals surface area contributed by atoms with Crippen molar-refractivity contribution in [2.24, 2.45) is 4.99 Å². The number of nitrogens with zero attached hydrogens (tertiary/aromatic N) is 1. The molecule has 2 aromatic carbocycles. The van der Waals surface area contributed by atoms with Crippen LogP contribution in [0.3, 0.4) is 0 Å². The Morgan fingerprint density at radius 3 is 2.26 bits per heavy atom. The van der Waals surface area contributed by atoms with Gasteiger partial charge in [0.05, 0.1) is 0 Å². The van der Waals surface area contributed by atoms with Gasteiger partial charge in [0.15, 0.2) is 0 Å². The van der Waals surface area contributed by atoms with Crippen LogP contribution in [-0.4, -0.2) is 22.9 Å². The highest BCUT2D eigenvalue weighted by Crippen LogP contribution is 2.11. The fourth-order valence-electron chi connectivity index (χ4n) is 1.82. The van der Waals surface area contributed by atoms with E-state index in [-0.39, 0.29) is 18.7 Å². The van der Waals surface area contributed by atoms with E-state index in [1.165, 1.54) is 0 Å². The Morgan fingerprint density at radius 2 is 1.65 bits per heavy atom. The molecule has 0 aliphatic carbocycles. The number of halogens is 1. The third-order valence-electron chi connectivity index (χ3n) is 2.96. The molecule has 1 N–H and O–H groups in total. The van der Waals surface area contributed by atoms with E-state index in [4.69, 9.17) is 21.4 Å². The summed E-state index contributed by atoms with van der Waals surface area (Å²) in [6, 6.07) is 15.7. The molecule has 0 bridgehead atoms. The van der Waals surface area contributed by atoms with Crippen LogP contribution in [0, 0.1) is 0 Å². The average Bonchev–Trinajstić information content (AvgIpc) is 2.55. The predicted octanol–water partition coefficient (Wildman–Crippen LogP) is 3.74. The number of aliphatic carboxylic acids is 1. The topological polar surface area (TPSA) is 76.0 Å². The van der Waals surface area contributed by atoms with Gasteiger partial charge in [-0.3, -0.25) is 0 Å². The molecule has 0 spiro atoms. The Morgan fingerprint density at radius 1 is 1.00 bits per heavy atom. The van der Waals surface area contributed by atoms with E-state index in [0.717, 1.165) is 5.56 Å². The van der Waals surface area contributed by atoms with E-state index >= 15 is 0 Å². The molecule has 0 aliphatic rings. The van der Waals surface area contributed by atoms with E-state index < -0.39 is 12.1 Å². The summed E-state index contributed by atoms with van der Waals surface area (Å²) in [5, 5.41) is 9.70. The molecule has 0 heterocycles. The Balaban J connectivity index is 2.01. The number of hydrogen-bond donors (Lipinski definition) is 1. The molecule has 0 aliphatic heterocycles. The maximum Gasteiger partial charge on any atom is 0.434 e. The van der Waals surface area contributed by atoms with Gasteiger partial charge in [0.1, 0.15) is 12.3 Å². The molecule has 0 aromatic heterocycles. The lowest BCUT2D eigenvalue weighted by Gasteiger charge is -2.04. The van der Waals surface area contributed by atoms with Gasteiger partial charge in [-0.25, -0.2) is 9.59 Å². The molecule has 0 radical (unpaired) electrons. The molecular weight excluding hydrogens is 318 g/mol. The van der Waals surface area contributed by atoms with Crippen molar-refractivity contribution in [3.8, 4) is 0 Å². The standard InChI is InChI=1S/C17H14ClNO4/c18-14-8-6-12(7-9-14)10-15(16(20)21)19-17(22)23-11-13-4-2-1-3-5-13/h1-9H,10-11H2,(H,20,21). The first-order valence-electron chi connectivity index (χ1n) is 6.80. The fraction of sp³-hybridized carbons (Fsp3) is 0.118. The summed E-state index contributed by atoms with van der Waals surface area (Å²) in [5.41, 5.74) is 1.20. The van der Waals surface area contributed by atoms with Gasteiger partial charge in [0, 0.05) is 11.4 Å². The second-order valence-corrected chi connectivity index (χ2v) is 5.14. The van der Waals surface area contributed by atoms with Crippen molar-refractivity contribution in [2.75, 3.05) is 0 Å². The van der Waals surface area contributed by atoms with E-state index in [9.17, 15) is 9.59 Å². The smallest absolute Gasteiger partial charge is 0.434 e. The number of ether oxygens (including phenoxy) is 1. The lowest BCUT2D eigenvalue weighted by Crippen LogP contribution is -2.18. The number of hydrogen-bond acceptors (Lipinski definition) is 3. The molecule has 118 valence electrons. The minimum absolute atomic E-state index is 0.00688. The number of carbonyl (C=O) groups excluding carboxylic acids is 1. The van der Waals surface area contributed by atoms with Gasteiger partial charge in [-0.1, -0.05) is 54.1 Å². The van der Waals surface area contributed by atoms with Crippen molar-refractivity contribution in [3.05, 3.63) is 70.7 Å². The van der Waals surface area contributed by atoms with Crippen LogP contribution >= 0.6 is 11.6 Å². The zero-order valence-electron chi connectivity index (χ0n) is 12.1. The van der Waals surface area contributed by atoms with Crippen LogP contribution in [0.5, 0.6) is 0 Å². The molecule has 0 atom stereocenters. The Bertz CT molecular complexity index is 711. The monoisotopic (exact) mass is 331 g/mol. The quantitative estimate of drug-likeness (QED) is 0.847. The second kappa shape index (κ2) is 8.10. The number of rotatable bonds is 5. The first-order chi connectivity index (χ1) is 11.0. The third kappa shape index (κ3) is 5.56. The predicted molar refractivity (Wildman–Crippen MR) is 86.9 cm³/mol. The van der Waals surface area contributed by atoms with Crippen molar-refractivity contribution in [2.45, 2.75) is 13.0 Å². The van der Waals surface area contributed by atoms with Crippen molar-refractivity contribution >= 4 is 29.4 Å². The van der Waals surface area contributed by atoms with Crippen molar-refractivity contribution < 1.29 is 19.4 Å². The number of carbonyl (C=O) groups is 2. The number of aliphatic imine (C=N–C) groups is 1. The normalized spacial score (nSPS) is 11.1. The Kier molecular flexibility index (Phi) is 5.88. The average molecular weight is 332 g/mol. The Hall–Kier alpha value is -2.66. The highest BCUT2D eigenvalue weighted by Gasteiger charge is 2.14. The summed E-state index contributed by atoms with van der Waals surface area (Å²) in [6.45, 7) is 0.0387. The number of benzene rings is 2. The molecule has 1 amide bonds. The largest absolute Gasteiger partial charge is 0.477 e. The lowest BCUT2D eigenvalue weighted by molar-refractivity contribution is -0.129. The lowest BCUT2D eigenvalue weighted by atomic mass is 10.1. The van der Waals surface area contributed by atoms with Crippen molar-refractivity contribution in [1.82, 2.24) is 0 Å². The van der Waals surface area contributed by atoms with Crippen LogP contribution in [0.25, 0.3) is 0 Å². The van der Waals surface area contributed by atoms with Gasteiger partial charge in [-0.05, 0) is 23.3 Å². The minimum Gasteiger partial charge on any atom is -0.477 e. The van der Waals surface area contributed by atoms with Gasteiger partial charge in [0.25, 0.3) is 0 Å². The molecule has 6 heteroatoms. The highest BCUT2D eigenvalue weighted by atomic mass is 35.5. The van der Waals surface area contributed by atoms with Gasteiger partial charge in [0.2, 0.25) is 0 Å². The van der Waals surface area contributed by atoms with Gasteiger partial charge >= 0.3 is 12.1 Å². The first kappa shape index (κ1) is 16.7. The van der Waals surface area contributed by atoms with Crippen molar-refractivity contribution in [1.29, 1.82) is 0 Å². The van der Waals surface area contributed by atoms with Gasteiger partial charge in [-0.15, -0.1) is 0 Å². The highest BCUT2D eigenvalue weighted by molar-refractivity contribution is 6.37. The summed E-state index contributed by atoms with van der Waals surface area (Å²) >= 11 is 5.77.